The lowest BCUT2D eigenvalue weighted by atomic mass is 9.93. The average molecular weight is 312 g/mol. The van der Waals surface area contributed by atoms with Gasteiger partial charge >= 0.3 is 5.97 Å². The summed E-state index contributed by atoms with van der Waals surface area (Å²) in [5, 5.41) is 2.93. The molecule has 0 bridgehead atoms. The molecule has 0 radical (unpaired) electrons. The number of carbonyl (C=O) groups is 2. The van der Waals surface area contributed by atoms with E-state index in [0.717, 1.165) is 19.3 Å². The molecule has 18 heavy (non-hydrogen) atoms. The summed E-state index contributed by atoms with van der Waals surface area (Å²) in [6.45, 7) is 0. The number of amides is 1. The van der Waals surface area contributed by atoms with Crippen molar-refractivity contribution in [3.8, 4) is 0 Å². The zero-order chi connectivity index (χ0) is 13.1. The summed E-state index contributed by atoms with van der Waals surface area (Å²) in [6.07, 6.45) is 3.23. The molecule has 2 rings (SSSR count). The fraction of sp³-hybridized carbons (Fsp3) is 0.385. The lowest BCUT2D eigenvalue weighted by Gasteiger charge is -2.26. The van der Waals surface area contributed by atoms with Gasteiger partial charge in [-0.15, -0.1) is 0 Å². The Labute approximate surface area is 114 Å². The second-order valence-corrected chi connectivity index (χ2v) is 5.24. The first-order valence-electron chi connectivity index (χ1n) is 5.80. The fourth-order valence-electron chi connectivity index (χ4n) is 1.78. The molecule has 1 saturated carbocycles. The van der Waals surface area contributed by atoms with E-state index in [1.165, 1.54) is 7.11 Å². The van der Waals surface area contributed by atoms with Gasteiger partial charge in [-0.05, 0) is 37.5 Å². The Morgan fingerprint density at radius 1 is 1.28 bits per heavy atom. The van der Waals surface area contributed by atoms with Crippen LogP contribution in [0.25, 0.3) is 0 Å². The summed E-state index contributed by atoms with van der Waals surface area (Å²) >= 11 is 3.29. The predicted octanol–water partition coefficient (Wildman–Crippen LogP) is 2.52. The van der Waals surface area contributed by atoms with Crippen LogP contribution in [-0.4, -0.2) is 25.0 Å². The number of ether oxygens (including phenoxy) is 1. The molecule has 1 aromatic carbocycles. The number of rotatable bonds is 3. The molecule has 0 saturated heterocycles. The molecule has 1 aliphatic carbocycles. The van der Waals surface area contributed by atoms with Crippen molar-refractivity contribution in [3.63, 3.8) is 0 Å². The van der Waals surface area contributed by atoms with Gasteiger partial charge in [-0.2, -0.15) is 0 Å². The van der Waals surface area contributed by atoms with Crippen LogP contribution in [-0.2, 0) is 4.74 Å². The van der Waals surface area contributed by atoms with E-state index in [9.17, 15) is 9.59 Å². The molecule has 0 aliphatic heterocycles. The zero-order valence-electron chi connectivity index (χ0n) is 10.0. The molecule has 0 spiro atoms. The normalized spacial score (nSPS) is 14.8. The minimum atomic E-state index is -0.450. The maximum Gasteiger partial charge on any atom is 0.337 e. The smallest absolute Gasteiger partial charge is 0.337 e. The van der Waals surface area contributed by atoms with Gasteiger partial charge in [-0.25, -0.2) is 4.79 Å². The first-order chi connectivity index (χ1) is 8.60. The number of hydrogen-bond donors (Lipinski definition) is 1. The Balaban J connectivity index is 2.18. The topological polar surface area (TPSA) is 55.4 Å². The molecule has 1 amide bonds. The monoisotopic (exact) mass is 311 g/mol. The number of nitrogens with one attached hydrogen (secondary N) is 1. The summed E-state index contributed by atoms with van der Waals surface area (Å²) in [5.41, 5.74) is 0.835. The van der Waals surface area contributed by atoms with Gasteiger partial charge in [-0.1, -0.05) is 15.9 Å². The summed E-state index contributed by atoms with van der Waals surface area (Å²) in [7, 11) is 1.32. The third kappa shape index (κ3) is 2.90. The van der Waals surface area contributed by atoms with Crippen molar-refractivity contribution in [2.75, 3.05) is 7.11 Å². The Hall–Kier alpha value is -1.36. The number of hydrogen-bond acceptors (Lipinski definition) is 3. The van der Waals surface area contributed by atoms with Crippen LogP contribution >= 0.6 is 15.9 Å². The SMILES string of the molecule is COC(=O)c1cc(Br)cc(C(=O)NC2CCC2)c1. The summed E-state index contributed by atoms with van der Waals surface area (Å²) in [4.78, 5) is 23.4. The largest absolute Gasteiger partial charge is 0.465 e. The molecule has 1 aliphatic rings. The number of methoxy groups -OCH3 is 1. The van der Waals surface area contributed by atoms with Crippen LogP contribution in [0, 0.1) is 0 Å². The van der Waals surface area contributed by atoms with E-state index in [2.05, 4.69) is 26.0 Å². The lowest BCUT2D eigenvalue weighted by molar-refractivity contribution is 0.0600. The number of benzene rings is 1. The Kier molecular flexibility index (Phi) is 4.01. The van der Waals surface area contributed by atoms with Crippen LogP contribution in [0.4, 0.5) is 0 Å². The average Bonchev–Trinajstić information content (AvgIpc) is 2.31. The molecule has 1 aromatic rings. The second-order valence-electron chi connectivity index (χ2n) is 4.32. The van der Waals surface area contributed by atoms with Crippen molar-refractivity contribution >= 4 is 27.8 Å². The third-order valence-electron chi connectivity index (χ3n) is 3.02. The molecule has 5 heteroatoms. The first kappa shape index (κ1) is 13.1. The van der Waals surface area contributed by atoms with Crippen molar-refractivity contribution < 1.29 is 14.3 Å². The van der Waals surface area contributed by atoms with Crippen molar-refractivity contribution in [1.82, 2.24) is 5.32 Å². The van der Waals surface area contributed by atoms with Crippen LogP contribution in [0.1, 0.15) is 40.0 Å². The predicted molar refractivity (Wildman–Crippen MR) is 70.6 cm³/mol. The van der Waals surface area contributed by atoms with Crippen LogP contribution in [0.2, 0.25) is 0 Å². The number of halogens is 1. The minimum absolute atomic E-state index is 0.147. The van der Waals surface area contributed by atoms with Crippen LogP contribution in [0.5, 0.6) is 0 Å². The zero-order valence-corrected chi connectivity index (χ0v) is 11.6. The van der Waals surface area contributed by atoms with E-state index >= 15 is 0 Å². The van der Waals surface area contributed by atoms with Crippen molar-refractivity contribution in [1.29, 1.82) is 0 Å². The quantitative estimate of drug-likeness (QED) is 0.873. The van der Waals surface area contributed by atoms with Crippen molar-refractivity contribution in [2.24, 2.45) is 0 Å². The molecule has 4 nitrogen and oxygen atoms in total. The van der Waals surface area contributed by atoms with E-state index in [-0.39, 0.29) is 11.9 Å². The van der Waals surface area contributed by atoms with Gasteiger partial charge < -0.3 is 10.1 Å². The van der Waals surface area contributed by atoms with E-state index in [4.69, 9.17) is 0 Å². The van der Waals surface area contributed by atoms with Gasteiger partial charge in [0.2, 0.25) is 0 Å². The molecule has 96 valence electrons. The van der Waals surface area contributed by atoms with Gasteiger partial charge in [0, 0.05) is 16.1 Å². The molecule has 0 unspecified atom stereocenters. The van der Waals surface area contributed by atoms with Gasteiger partial charge in [-0.3, -0.25) is 4.79 Å². The lowest BCUT2D eigenvalue weighted by Crippen LogP contribution is -2.39. The third-order valence-corrected chi connectivity index (χ3v) is 3.48. The van der Waals surface area contributed by atoms with Crippen LogP contribution in [0.3, 0.4) is 0 Å². The van der Waals surface area contributed by atoms with Crippen molar-refractivity contribution in [3.05, 3.63) is 33.8 Å². The molecular formula is C13H14BrNO3. The molecule has 0 atom stereocenters. The Morgan fingerprint density at radius 2 is 1.94 bits per heavy atom. The van der Waals surface area contributed by atoms with E-state index in [1.807, 2.05) is 0 Å². The molecule has 1 fully saturated rings. The first-order valence-corrected chi connectivity index (χ1v) is 6.59. The van der Waals surface area contributed by atoms with Gasteiger partial charge in [0.15, 0.2) is 0 Å². The Bertz CT molecular complexity index is 483. The van der Waals surface area contributed by atoms with E-state index < -0.39 is 5.97 Å². The molecular weight excluding hydrogens is 298 g/mol. The highest BCUT2D eigenvalue weighted by atomic mass is 79.9. The standard InChI is InChI=1S/C13H14BrNO3/c1-18-13(17)9-5-8(6-10(14)7-9)12(16)15-11-3-2-4-11/h5-7,11H,2-4H2,1H3,(H,15,16). The minimum Gasteiger partial charge on any atom is -0.465 e. The summed E-state index contributed by atoms with van der Waals surface area (Å²) in [6, 6.07) is 5.15. The number of carbonyl (C=O) groups excluding carboxylic acids is 2. The highest BCUT2D eigenvalue weighted by Gasteiger charge is 2.21. The van der Waals surface area contributed by atoms with Gasteiger partial charge in [0.1, 0.15) is 0 Å². The maximum atomic E-state index is 12.0. The maximum absolute atomic E-state index is 12.0. The highest BCUT2D eigenvalue weighted by Crippen LogP contribution is 2.20. The second kappa shape index (κ2) is 5.52. The van der Waals surface area contributed by atoms with Crippen LogP contribution < -0.4 is 5.32 Å². The summed E-state index contributed by atoms with van der Waals surface area (Å²) < 4.78 is 5.33. The van der Waals surface area contributed by atoms with Crippen molar-refractivity contribution in [2.45, 2.75) is 25.3 Å². The highest BCUT2D eigenvalue weighted by molar-refractivity contribution is 9.10. The molecule has 1 N–H and O–H groups in total. The van der Waals surface area contributed by atoms with E-state index in [1.54, 1.807) is 18.2 Å². The van der Waals surface area contributed by atoms with E-state index in [0.29, 0.717) is 15.6 Å². The molecule has 0 heterocycles. The fourth-order valence-corrected chi connectivity index (χ4v) is 2.27. The van der Waals surface area contributed by atoms with Gasteiger partial charge in [0.05, 0.1) is 12.7 Å². The van der Waals surface area contributed by atoms with Crippen LogP contribution in [0.15, 0.2) is 22.7 Å². The molecule has 0 aromatic heterocycles. The number of esters is 1. The Morgan fingerprint density at radius 3 is 2.50 bits per heavy atom. The summed E-state index contributed by atoms with van der Waals surface area (Å²) in [5.74, 6) is -0.597. The van der Waals surface area contributed by atoms with Gasteiger partial charge in [0.25, 0.3) is 5.91 Å².